The van der Waals surface area contributed by atoms with E-state index in [9.17, 15) is 19.2 Å². The lowest BCUT2D eigenvalue weighted by Crippen LogP contribution is -2.31. The maximum atomic E-state index is 13.1. The molecule has 2 N–H and O–H groups in total. The summed E-state index contributed by atoms with van der Waals surface area (Å²) in [7, 11) is 0. The molecule has 4 rings (SSSR count). The molecule has 2 aliphatic rings. The van der Waals surface area contributed by atoms with Gasteiger partial charge in [-0.25, -0.2) is 9.97 Å². The maximum Gasteiger partial charge on any atom is 0.267 e. The molecule has 0 radical (unpaired) electrons. The lowest BCUT2D eigenvalue weighted by atomic mass is 10.2. The third kappa shape index (κ3) is 7.01. The number of hydrogen-bond donors (Lipinski definition) is 2. The molecule has 2 aliphatic heterocycles. The molecule has 38 heavy (non-hydrogen) atoms. The molecular formula is C24H22N6O4S4. The summed E-state index contributed by atoms with van der Waals surface area (Å²) in [6, 6.07) is 10.4. The minimum absolute atomic E-state index is 0.180. The summed E-state index contributed by atoms with van der Waals surface area (Å²) in [6.45, 7) is 0.491. The molecule has 0 aromatic carbocycles. The molecule has 0 aliphatic carbocycles. The lowest BCUT2D eigenvalue weighted by Gasteiger charge is -2.14. The van der Waals surface area contributed by atoms with Gasteiger partial charge in [-0.2, -0.15) is 0 Å². The van der Waals surface area contributed by atoms with Crippen LogP contribution >= 0.6 is 48.0 Å². The number of carbonyl (C=O) groups excluding carboxylic acids is 4. The van der Waals surface area contributed by atoms with E-state index >= 15 is 0 Å². The van der Waals surface area contributed by atoms with Gasteiger partial charge in [-0.15, -0.1) is 0 Å². The standard InChI is InChI=1S/C24H22N6O4S4/c31-17(27-15-7-1-3-11-25-15)9-5-13-29-21(33)19(37-23(29)35)20-22(34)30(24(36)38-20)14-6-10-18(32)28-16-8-2-4-12-26-16/h1-4,7-8,11-12H,5-6,9-10,13-14H2,(H,25,27,31)(H,26,28,32)/b20-19+. The number of aromatic nitrogens is 2. The topological polar surface area (TPSA) is 125 Å². The molecule has 0 bridgehead atoms. The highest BCUT2D eigenvalue weighted by Crippen LogP contribution is 2.42. The Balaban J connectivity index is 1.28. The van der Waals surface area contributed by atoms with Gasteiger partial charge in [0.05, 0.1) is 9.81 Å². The summed E-state index contributed by atoms with van der Waals surface area (Å²) in [5.74, 6) is -0.272. The first-order valence-corrected chi connectivity index (χ1v) is 14.0. The maximum absolute atomic E-state index is 13.1. The number of thioether (sulfide) groups is 2. The van der Waals surface area contributed by atoms with E-state index in [0.29, 0.717) is 33.1 Å². The fourth-order valence-corrected chi connectivity index (χ4v) is 6.31. The Morgan fingerprint density at radius 3 is 1.53 bits per heavy atom. The van der Waals surface area contributed by atoms with E-state index < -0.39 is 0 Å². The molecule has 14 heteroatoms. The molecular weight excluding hydrogens is 565 g/mol. The van der Waals surface area contributed by atoms with Gasteiger partial charge in [0.2, 0.25) is 11.8 Å². The van der Waals surface area contributed by atoms with Crippen LogP contribution in [0.5, 0.6) is 0 Å². The molecule has 4 heterocycles. The van der Waals surface area contributed by atoms with E-state index in [-0.39, 0.29) is 59.4 Å². The third-order valence-corrected chi connectivity index (χ3v) is 8.37. The molecule has 2 fully saturated rings. The second-order valence-corrected chi connectivity index (χ2v) is 11.3. The SMILES string of the molecule is O=C(CCCN1C(=O)/C(=C2\SC(=S)N(CCCC(=O)Nc3ccccn3)C2=O)SC1=S)Nc1ccccn1. The van der Waals surface area contributed by atoms with Crippen LogP contribution in [0.4, 0.5) is 11.6 Å². The number of nitrogens with one attached hydrogen (secondary N) is 2. The van der Waals surface area contributed by atoms with Gasteiger partial charge < -0.3 is 10.6 Å². The summed E-state index contributed by atoms with van der Waals surface area (Å²) in [6.07, 6.45) is 4.30. The van der Waals surface area contributed by atoms with Crippen molar-refractivity contribution < 1.29 is 19.2 Å². The van der Waals surface area contributed by atoms with Gasteiger partial charge in [0, 0.05) is 38.3 Å². The van der Waals surface area contributed by atoms with Gasteiger partial charge in [-0.3, -0.25) is 29.0 Å². The zero-order valence-corrected chi connectivity index (χ0v) is 23.2. The molecule has 196 valence electrons. The molecule has 2 aromatic rings. The summed E-state index contributed by atoms with van der Waals surface area (Å²) in [5.41, 5.74) is 0. The fraction of sp³-hybridized carbons (Fsp3) is 0.250. The van der Waals surface area contributed by atoms with Crippen LogP contribution in [0.2, 0.25) is 0 Å². The monoisotopic (exact) mass is 586 g/mol. The average molecular weight is 587 g/mol. The van der Waals surface area contributed by atoms with Gasteiger partial charge in [-0.05, 0) is 37.1 Å². The number of anilines is 2. The highest BCUT2D eigenvalue weighted by molar-refractivity contribution is 8.29. The smallest absolute Gasteiger partial charge is 0.267 e. The van der Waals surface area contributed by atoms with E-state index in [1.54, 1.807) is 48.8 Å². The summed E-state index contributed by atoms with van der Waals surface area (Å²) in [4.78, 5) is 61.8. The number of rotatable bonds is 10. The van der Waals surface area contributed by atoms with E-state index in [1.165, 1.54) is 9.80 Å². The predicted molar refractivity (Wildman–Crippen MR) is 155 cm³/mol. The van der Waals surface area contributed by atoms with E-state index in [1.807, 2.05) is 0 Å². The lowest BCUT2D eigenvalue weighted by molar-refractivity contribution is -0.124. The van der Waals surface area contributed by atoms with Gasteiger partial charge >= 0.3 is 0 Å². The van der Waals surface area contributed by atoms with Crippen LogP contribution < -0.4 is 10.6 Å². The molecule has 2 aromatic heterocycles. The third-order valence-electron chi connectivity index (χ3n) is 5.34. The Morgan fingerprint density at radius 2 is 1.16 bits per heavy atom. The summed E-state index contributed by atoms with van der Waals surface area (Å²) < 4.78 is 0.651. The number of amides is 4. The fourth-order valence-electron chi connectivity index (χ4n) is 3.54. The van der Waals surface area contributed by atoms with Crippen LogP contribution in [0.25, 0.3) is 0 Å². The highest BCUT2D eigenvalue weighted by Gasteiger charge is 2.41. The Hall–Kier alpha value is -3.20. The minimum atomic E-state index is -0.375. The average Bonchev–Trinajstić information content (AvgIpc) is 3.34. The number of pyridine rings is 2. The molecule has 2 saturated heterocycles. The first-order valence-electron chi connectivity index (χ1n) is 11.6. The number of nitrogens with zero attached hydrogens (tertiary/aromatic N) is 4. The predicted octanol–water partition coefficient (Wildman–Crippen LogP) is 3.55. The van der Waals surface area contributed by atoms with E-state index in [0.717, 1.165) is 23.5 Å². The molecule has 0 atom stereocenters. The zero-order valence-electron chi connectivity index (χ0n) is 19.9. The Kier molecular flexibility index (Phi) is 9.55. The normalized spacial score (nSPS) is 17.4. The van der Waals surface area contributed by atoms with Crippen molar-refractivity contribution in [3.8, 4) is 0 Å². The Morgan fingerprint density at radius 1 is 0.737 bits per heavy atom. The molecule has 10 nitrogen and oxygen atoms in total. The Bertz CT molecular complexity index is 1210. The van der Waals surface area contributed by atoms with Crippen molar-refractivity contribution in [3.05, 3.63) is 58.6 Å². The molecule has 0 saturated carbocycles. The molecule has 0 spiro atoms. The van der Waals surface area contributed by atoms with Crippen molar-refractivity contribution in [2.45, 2.75) is 25.7 Å². The summed E-state index contributed by atoms with van der Waals surface area (Å²) in [5, 5.41) is 5.40. The van der Waals surface area contributed by atoms with Crippen LogP contribution in [-0.2, 0) is 19.2 Å². The minimum Gasteiger partial charge on any atom is -0.311 e. The molecule has 0 unspecified atom stereocenters. The first-order chi connectivity index (χ1) is 18.3. The van der Waals surface area contributed by atoms with E-state index in [4.69, 9.17) is 24.4 Å². The highest BCUT2D eigenvalue weighted by atomic mass is 32.2. The van der Waals surface area contributed by atoms with Crippen molar-refractivity contribution in [2.75, 3.05) is 23.7 Å². The van der Waals surface area contributed by atoms with E-state index in [2.05, 4.69) is 20.6 Å². The van der Waals surface area contributed by atoms with Gasteiger partial charge in [0.25, 0.3) is 11.8 Å². The van der Waals surface area contributed by atoms with Crippen LogP contribution in [0.1, 0.15) is 25.7 Å². The van der Waals surface area contributed by atoms with Crippen LogP contribution in [0.15, 0.2) is 58.6 Å². The van der Waals surface area contributed by atoms with Crippen LogP contribution in [-0.4, -0.2) is 65.1 Å². The van der Waals surface area contributed by atoms with Crippen molar-refractivity contribution in [3.63, 3.8) is 0 Å². The van der Waals surface area contributed by atoms with Gasteiger partial charge in [0.1, 0.15) is 20.3 Å². The second kappa shape index (κ2) is 13.0. The van der Waals surface area contributed by atoms with Crippen molar-refractivity contribution >= 4 is 91.9 Å². The largest absolute Gasteiger partial charge is 0.311 e. The summed E-state index contributed by atoms with van der Waals surface area (Å²) >= 11 is 12.9. The van der Waals surface area contributed by atoms with Crippen LogP contribution in [0, 0.1) is 0 Å². The quantitative estimate of drug-likeness (QED) is 0.316. The molecule has 4 amide bonds. The van der Waals surface area contributed by atoms with Crippen molar-refractivity contribution in [1.82, 2.24) is 19.8 Å². The van der Waals surface area contributed by atoms with Crippen molar-refractivity contribution in [1.29, 1.82) is 0 Å². The zero-order chi connectivity index (χ0) is 27.1. The van der Waals surface area contributed by atoms with Gasteiger partial charge in [0.15, 0.2) is 0 Å². The number of thiocarbonyl (C=S) groups is 2. The Labute approximate surface area is 238 Å². The van der Waals surface area contributed by atoms with Crippen LogP contribution in [0.3, 0.4) is 0 Å². The second-order valence-electron chi connectivity index (χ2n) is 8.04. The number of carbonyl (C=O) groups is 4. The van der Waals surface area contributed by atoms with Crippen molar-refractivity contribution in [2.24, 2.45) is 0 Å². The number of hydrogen-bond acceptors (Lipinski definition) is 10. The van der Waals surface area contributed by atoms with Gasteiger partial charge in [-0.1, -0.05) is 60.1 Å². The first kappa shape index (κ1) is 27.8.